The van der Waals surface area contributed by atoms with E-state index in [1.165, 1.54) is 5.56 Å². The van der Waals surface area contributed by atoms with Crippen LogP contribution in [0.15, 0.2) is 36.4 Å². The van der Waals surface area contributed by atoms with Gasteiger partial charge in [0.2, 0.25) is 0 Å². The van der Waals surface area contributed by atoms with Crippen molar-refractivity contribution in [1.29, 1.82) is 0 Å². The fourth-order valence-corrected chi connectivity index (χ4v) is 4.41. The zero-order valence-electron chi connectivity index (χ0n) is 20.6. The lowest BCUT2D eigenvalue weighted by atomic mass is 9.82. The van der Waals surface area contributed by atoms with Gasteiger partial charge in [0.05, 0.1) is 18.0 Å². The molecule has 1 fully saturated rings. The summed E-state index contributed by atoms with van der Waals surface area (Å²) in [5.74, 6) is 0.525. The maximum Gasteiger partial charge on any atom is 0.308 e. The fraction of sp³-hybridized carbons (Fsp3) is 0.519. The predicted molar refractivity (Wildman–Crippen MR) is 132 cm³/mol. The number of benzene rings is 2. The first-order valence-electron chi connectivity index (χ1n) is 12.1. The summed E-state index contributed by atoms with van der Waals surface area (Å²) in [6.07, 6.45) is 6.09. The first kappa shape index (κ1) is 24.7. The monoisotopic (exact) mass is 451 g/mol. The summed E-state index contributed by atoms with van der Waals surface area (Å²) in [5.41, 5.74) is 4.53. The van der Waals surface area contributed by atoms with Crippen molar-refractivity contribution in [3.63, 3.8) is 0 Å². The predicted octanol–water partition coefficient (Wildman–Crippen LogP) is 6.12. The van der Waals surface area contributed by atoms with E-state index < -0.39 is 0 Å². The van der Waals surface area contributed by atoms with Gasteiger partial charge >= 0.3 is 5.97 Å². The van der Waals surface area contributed by atoms with Gasteiger partial charge in [-0.1, -0.05) is 64.5 Å². The quantitative estimate of drug-likeness (QED) is 0.484. The molecule has 0 saturated carbocycles. The van der Waals surface area contributed by atoms with E-state index in [4.69, 9.17) is 4.74 Å². The summed E-state index contributed by atoms with van der Waals surface area (Å²) in [6, 6.07) is 11.8. The summed E-state index contributed by atoms with van der Waals surface area (Å²) in [7, 11) is 0. The van der Waals surface area contributed by atoms with Gasteiger partial charge in [-0.2, -0.15) is 0 Å². The highest BCUT2D eigenvalue weighted by molar-refractivity contribution is 5.77. The maximum absolute atomic E-state index is 11.2. The van der Waals surface area contributed by atoms with Crippen LogP contribution in [0, 0.1) is 5.92 Å². The molecule has 1 saturated heterocycles. The first-order valence-corrected chi connectivity index (χ1v) is 12.1. The number of hydrogen-bond acceptors (Lipinski definition) is 5. The zero-order chi connectivity index (χ0) is 24.0. The van der Waals surface area contributed by atoms with Crippen molar-refractivity contribution in [2.45, 2.75) is 78.6 Å². The van der Waals surface area contributed by atoms with Gasteiger partial charge in [-0.15, -0.1) is 5.10 Å². The molecule has 2 heterocycles. The molecule has 1 N–H and O–H groups in total. The van der Waals surface area contributed by atoms with E-state index in [0.717, 1.165) is 55.1 Å². The van der Waals surface area contributed by atoms with E-state index in [2.05, 4.69) is 51.0 Å². The van der Waals surface area contributed by atoms with Crippen molar-refractivity contribution in [2.24, 2.45) is 5.92 Å². The number of hydrogen-bond donors (Lipinski definition) is 1. The second kappa shape index (κ2) is 10.8. The number of esters is 1. The van der Waals surface area contributed by atoms with E-state index >= 15 is 0 Å². The molecule has 6 nitrogen and oxygen atoms in total. The minimum atomic E-state index is -0.00815. The van der Waals surface area contributed by atoms with Crippen molar-refractivity contribution >= 4 is 17.0 Å². The molecule has 0 aliphatic carbocycles. The molecule has 1 aliphatic rings. The molecule has 33 heavy (non-hydrogen) atoms. The van der Waals surface area contributed by atoms with Gasteiger partial charge < -0.3 is 9.84 Å². The Balaban J connectivity index is 0.000000235. The van der Waals surface area contributed by atoms with Crippen LogP contribution >= 0.6 is 0 Å². The molecule has 1 aromatic heterocycles. The molecule has 0 bridgehead atoms. The van der Waals surface area contributed by atoms with Gasteiger partial charge in [0.1, 0.15) is 17.0 Å². The standard InChI is InChI=1S/C18H21N3O.C9H16O2/c1-5-12-13(18(2,3)4)10-11-16(17(12)22)21-15-9-7-6-8-14(15)19-20-21;1-2-5-8-6-3-4-7-11-9(8)10/h6-11,22H,5H2,1-4H3;8H,2-7H2,1H3. The molecule has 2 aromatic carbocycles. The van der Waals surface area contributed by atoms with Crippen LogP contribution in [0.2, 0.25) is 0 Å². The number of carbonyl (C=O) groups is 1. The number of phenols is 1. The van der Waals surface area contributed by atoms with Crippen LogP contribution in [0.5, 0.6) is 5.75 Å². The van der Waals surface area contributed by atoms with Crippen LogP contribution in [0.3, 0.4) is 0 Å². The van der Waals surface area contributed by atoms with Gasteiger partial charge in [-0.3, -0.25) is 4.79 Å². The summed E-state index contributed by atoms with van der Waals surface area (Å²) in [4.78, 5) is 11.2. The molecule has 6 heteroatoms. The SMILES string of the molecule is CCCC1CCCCOC1=O.CCc1c(C(C)(C)C)ccc(-n2nnc3ccccc32)c1O. The minimum Gasteiger partial charge on any atom is -0.505 e. The van der Waals surface area contributed by atoms with Gasteiger partial charge in [-0.05, 0) is 66.8 Å². The summed E-state index contributed by atoms with van der Waals surface area (Å²) in [6.45, 7) is 11.3. The Morgan fingerprint density at radius 3 is 2.58 bits per heavy atom. The molecule has 0 amide bonds. The molecule has 178 valence electrons. The summed E-state index contributed by atoms with van der Waals surface area (Å²) >= 11 is 0. The molecule has 1 atom stereocenters. The smallest absolute Gasteiger partial charge is 0.308 e. The summed E-state index contributed by atoms with van der Waals surface area (Å²) < 4.78 is 6.73. The normalized spacial score (nSPS) is 16.6. The number of para-hydroxylation sites is 1. The highest BCUT2D eigenvalue weighted by Gasteiger charge is 2.23. The van der Waals surface area contributed by atoms with E-state index in [-0.39, 0.29) is 17.3 Å². The van der Waals surface area contributed by atoms with Crippen LogP contribution in [-0.2, 0) is 21.4 Å². The lowest BCUT2D eigenvalue weighted by molar-refractivity contribution is -0.147. The highest BCUT2D eigenvalue weighted by atomic mass is 16.5. The van der Waals surface area contributed by atoms with E-state index in [1.807, 2.05) is 30.3 Å². The number of aromatic hydroxyl groups is 1. The Labute approximate surface area is 197 Å². The number of cyclic esters (lactones) is 1. The lowest BCUT2D eigenvalue weighted by Gasteiger charge is -2.24. The Morgan fingerprint density at radius 2 is 1.88 bits per heavy atom. The number of aromatic nitrogens is 3. The zero-order valence-corrected chi connectivity index (χ0v) is 20.6. The third kappa shape index (κ3) is 5.73. The van der Waals surface area contributed by atoms with Crippen LogP contribution in [0.4, 0.5) is 0 Å². The van der Waals surface area contributed by atoms with Crippen molar-refractivity contribution in [2.75, 3.05) is 6.61 Å². The largest absolute Gasteiger partial charge is 0.505 e. The average Bonchev–Trinajstić information content (AvgIpc) is 3.11. The number of phenolic OH excluding ortho intramolecular Hbond substituents is 1. The van der Waals surface area contributed by atoms with E-state index in [9.17, 15) is 9.90 Å². The minimum absolute atomic E-state index is 0.00815. The number of carbonyl (C=O) groups excluding carboxylic acids is 1. The maximum atomic E-state index is 11.2. The van der Waals surface area contributed by atoms with Crippen LogP contribution in [-0.4, -0.2) is 32.7 Å². The molecule has 1 unspecified atom stereocenters. The molecule has 0 spiro atoms. The highest BCUT2D eigenvalue weighted by Crippen LogP contribution is 2.36. The third-order valence-electron chi connectivity index (χ3n) is 6.16. The van der Waals surface area contributed by atoms with Crippen LogP contribution in [0.1, 0.15) is 77.8 Å². The first-order chi connectivity index (χ1) is 15.8. The van der Waals surface area contributed by atoms with Crippen molar-refractivity contribution in [1.82, 2.24) is 15.0 Å². The fourth-order valence-electron chi connectivity index (χ4n) is 4.41. The molecule has 4 rings (SSSR count). The Morgan fingerprint density at radius 1 is 1.12 bits per heavy atom. The Hall–Kier alpha value is -2.89. The van der Waals surface area contributed by atoms with Gasteiger partial charge in [0.15, 0.2) is 0 Å². The van der Waals surface area contributed by atoms with E-state index in [0.29, 0.717) is 18.0 Å². The molecule has 3 aromatic rings. The van der Waals surface area contributed by atoms with Crippen molar-refractivity contribution in [3.05, 3.63) is 47.5 Å². The van der Waals surface area contributed by atoms with Crippen LogP contribution in [0.25, 0.3) is 16.7 Å². The molecule has 0 radical (unpaired) electrons. The number of rotatable bonds is 4. The summed E-state index contributed by atoms with van der Waals surface area (Å²) in [5, 5.41) is 19.1. The number of fused-ring (bicyclic) bond motifs is 1. The Kier molecular flexibility index (Phi) is 8.11. The Bertz CT molecular complexity index is 1080. The van der Waals surface area contributed by atoms with Gasteiger partial charge in [0, 0.05) is 0 Å². The lowest BCUT2D eigenvalue weighted by Crippen LogP contribution is -2.15. The second-order valence-electron chi connectivity index (χ2n) is 9.70. The second-order valence-corrected chi connectivity index (χ2v) is 9.70. The number of nitrogens with zero attached hydrogens (tertiary/aromatic N) is 3. The molecule has 1 aliphatic heterocycles. The van der Waals surface area contributed by atoms with E-state index in [1.54, 1.807) is 4.68 Å². The van der Waals surface area contributed by atoms with Crippen LogP contribution < -0.4 is 0 Å². The van der Waals surface area contributed by atoms with Crippen molar-refractivity contribution < 1.29 is 14.6 Å². The topological polar surface area (TPSA) is 77.2 Å². The molecular weight excluding hydrogens is 414 g/mol. The van der Waals surface area contributed by atoms with Gasteiger partial charge in [0.25, 0.3) is 0 Å². The molecular formula is C27H37N3O3. The number of ether oxygens (including phenoxy) is 1. The third-order valence-corrected chi connectivity index (χ3v) is 6.16. The van der Waals surface area contributed by atoms with Crippen molar-refractivity contribution in [3.8, 4) is 11.4 Å². The average molecular weight is 452 g/mol. The van der Waals surface area contributed by atoms with Gasteiger partial charge in [-0.25, -0.2) is 4.68 Å².